The van der Waals surface area contributed by atoms with E-state index < -0.39 is 16.1 Å². The number of hydrogen-bond donors (Lipinski definition) is 2. The van der Waals surface area contributed by atoms with Gasteiger partial charge in [-0.15, -0.1) is 0 Å². The van der Waals surface area contributed by atoms with E-state index in [4.69, 9.17) is 27.9 Å². The molecule has 32 heavy (non-hydrogen) atoms. The fourth-order valence-electron chi connectivity index (χ4n) is 2.91. The summed E-state index contributed by atoms with van der Waals surface area (Å²) in [6.45, 7) is 5.54. The van der Waals surface area contributed by atoms with Crippen molar-refractivity contribution >= 4 is 50.5 Å². The average Bonchev–Trinajstić information content (AvgIpc) is 2.72. The molecule has 168 valence electrons. The molecule has 0 aromatic heterocycles. The maximum atomic E-state index is 12.6. The van der Waals surface area contributed by atoms with E-state index in [1.54, 1.807) is 6.92 Å². The second kappa shape index (κ2) is 9.81. The van der Waals surface area contributed by atoms with Gasteiger partial charge >= 0.3 is 0 Å². The van der Waals surface area contributed by atoms with Gasteiger partial charge in [0.15, 0.2) is 6.10 Å². The molecule has 9 heteroatoms. The van der Waals surface area contributed by atoms with Gasteiger partial charge in [-0.2, -0.15) is 0 Å². The molecule has 0 heterocycles. The van der Waals surface area contributed by atoms with E-state index in [9.17, 15) is 13.2 Å². The Kier molecular flexibility index (Phi) is 7.33. The van der Waals surface area contributed by atoms with Gasteiger partial charge in [-0.05, 0) is 74.9 Å². The van der Waals surface area contributed by atoms with E-state index in [2.05, 4.69) is 10.0 Å². The number of carbonyl (C=O) groups excluding carboxylic acids is 1. The average molecular weight is 493 g/mol. The first-order chi connectivity index (χ1) is 15.0. The summed E-state index contributed by atoms with van der Waals surface area (Å²) in [5.41, 5.74) is 2.70. The van der Waals surface area contributed by atoms with Gasteiger partial charge in [-0.1, -0.05) is 40.9 Å². The van der Waals surface area contributed by atoms with E-state index in [-0.39, 0.29) is 21.5 Å². The van der Waals surface area contributed by atoms with Crippen molar-refractivity contribution in [3.05, 3.63) is 81.8 Å². The standard InChI is InChI=1S/C23H22Cl2N2O4S/c1-14-4-11-22(15(2)12-14)31-16(3)23(28)26-18-6-8-19(9-7-18)32(29,30)27-21-10-5-17(24)13-20(21)25/h4-13,16,27H,1-3H3,(H,26,28)/t16-/m0/s1. The maximum absolute atomic E-state index is 12.6. The van der Waals surface area contributed by atoms with Crippen LogP contribution in [-0.2, 0) is 14.8 Å². The van der Waals surface area contributed by atoms with Crippen LogP contribution in [0.2, 0.25) is 10.0 Å². The highest BCUT2D eigenvalue weighted by Crippen LogP contribution is 2.28. The number of benzene rings is 3. The van der Waals surface area contributed by atoms with Gasteiger partial charge in [-0.3, -0.25) is 9.52 Å². The third-order valence-electron chi connectivity index (χ3n) is 4.61. The molecule has 0 aliphatic heterocycles. The molecule has 0 bridgehead atoms. The smallest absolute Gasteiger partial charge is 0.265 e. The number of halogens is 2. The molecular weight excluding hydrogens is 471 g/mol. The summed E-state index contributed by atoms with van der Waals surface area (Å²) < 4.78 is 33.4. The van der Waals surface area contributed by atoms with Crippen LogP contribution >= 0.6 is 23.2 Å². The first kappa shape index (κ1) is 23.9. The lowest BCUT2D eigenvalue weighted by Crippen LogP contribution is -2.30. The number of anilines is 2. The van der Waals surface area contributed by atoms with Crippen molar-refractivity contribution in [1.82, 2.24) is 0 Å². The molecule has 3 aromatic carbocycles. The summed E-state index contributed by atoms with van der Waals surface area (Å²) in [6.07, 6.45) is -0.742. The Bertz CT molecular complexity index is 1250. The van der Waals surface area contributed by atoms with Crippen molar-refractivity contribution < 1.29 is 17.9 Å². The highest BCUT2D eigenvalue weighted by Gasteiger charge is 2.18. The summed E-state index contributed by atoms with van der Waals surface area (Å²) in [5.74, 6) is 0.276. The zero-order chi connectivity index (χ0) is 23.5. The Morgan fingerprint density at radius 2 is 1.66 bits per heavy atom. The summed E-state index contributed by atoms with van der Waals surface area (Å²) in [7, 11) is -3.87. The number of aryl methyl sites for hydroxylation is 2. The number of rotatable bonds is 7. The molecule has 0 unspecified atom stereocenters. The van der Waals surface area contributed by atoms with Crippen LogP contribution in [0.4, 0.5) is 11.4 Å². The van der Waals surface area contributed by atoms with Crippen LogP contribution in [0.3, 0.4) is 0 Å². The summed E-state index contributed by atoms with van der Waals surface area (Å²) in [4.78, 5) is 12.5. The van der Waals surface area contributed by atoms with Crippen molar-refractivity contribution in [3.63, 3.8) is 0 Å². The van der Waals surface area contributed by atoms with Gasteiger partial charge in [-0.25, -0.2) is 8.42 Å². The zero-order valence-electron chi connectivity index (χ0n) is 17.6. The molecule has 0 saturated heterocycles. The molecule has 0 saturated carbocycles. The molecule has 1 atom stereocenters. The van der Waals surface area contributed by atoms with Gasteiger partial charge in [0.25, 0.3) is 15.9 Å². The normalized spacial score (nSPS) is 12.2. The summed E-state index contributed by atoms with van der Waals surface area (Å²) in [6, 6.07) is 15.9. The molecule has 1 amide bonds. The van der Waals surface area contributed by atoms with Gasteiger partial charge < -0.3 is 10.1 Å². The van der Waals surface area contributed by atoms with Gasteiger partial charge in [0, 0.05) is 10.7 Å². The van der Waals surface area contributed by atoms with E-state index in [0.29, 0.717) is 16.5 Å². The van der Waals surface area contributed by atoms with E-state index in [0.717, 1.165) is 11.1 Å². The van der Waals surface area contributed by atoms with Crippen LogP contribution in [0.15, 0.2) is 65.6 Å². The van der Waals surface area contributed by atoms with E-state index in [1.165, 1.54) is 42.5 Å². The Hall–Kier alpha value is -2.74. The lowest BCUT2D eigenvalue weighted by atomic mass is 10.1. The second-order valence-corrected chi connectivity index (χ2v) is 9.80. The largest absolute Gasteiger partial charge is 0.481 e. The fraction of sp³-hybridized carbons (Fsp3) is 0.174. The molecule has 0 aliphatic carbocycles. The Labute approximate surface area is 197 Å². The lowest BCUT2D eigenvalue weighted by Gasteiger charge is -2.17. The van der Waals surface area contributed by atoms with Crippen LogP contribution in [0, 0.1) is 13.8 Å². The number of carbonyl (C=O) groups is 1. The minimum Gasteiger partial charge on any atom is -0.481 e. The molecule has 0 fully saturated rings. The summed E-state index contributed by atoms with van der Waals surface area (Å²) in [5, 5.41) is 3.30. The topological polar surface area (TPSA) is 84.5 Å². The highest BCUT2D eigenvalue weighted by atomic mass is 35.5. The molecule has 3 aromatic rings. The number of amides is 1. The van der Waals surface area contributed by atoms with Crippen LogP contribution in [0.5, 0.6) is 5.75 Å². The lowest BCUT2D eigenvalue weighted by molar-refractivity contribution is -0.122. The molecule has 2 N–H and O–H groups in total. The molecule has 0 aliphatic rings. The van der Waals surface area contributed by atoms with E-state index >= 15 is 0 Å². The van der Waals surface area contributed by atoms with Gasteiger partial charge in [0.05, 0.1) is 15.6 Å². The SMILES string of the molecule is Cc1ccc(O[C@@H](C)C(=O)Nc2ccc(S(=O)(=O)Nc3ccc(Cl)cc3Cl)cc2)c(C)c1. The quantitative estimate of drug-likeness (QED) is 0.435. The number of sulfonamides is 1. The van der Waals surface area contributed by atoms with Crippen molar-refractivity contribution in [1.29, 1.82) is 0 Å². The summed E-state index contributed by atoms with van der Waals surface area (Å²) >= 11 is 11.9. The van der Waals surface area contributed by atoms with Crippen molar-refractivity contribution in [2.75, 3.05) is 10.0 Å². The van der Waals surface area contributed by atoms with Crippen molar-refractivity contribution in [2.24, 2.45) is 0 Å². The third kappa shape index (κ3) is 5.94. The predicted octanol–water partition coefficient (Wildman–Crippen LogP) is 5.82. The molecule has 6 nitrogen and oxygen atoms in total. The predicted molar refractivity (Wildman–Crippen MR) is 128 cm³/mol. The Balaban J connectivity index is 1.66. The van der Waals surface area contributed by atoms with Gasteiger partial charge in [0.1, 0.15) is 5.75 Å². The minimum absolute atomic E-state index is 0.0149. The second-order valence-electron chi connectivity index (χ2n) is 7.27. The Morgan fingerprint density at radius 3 is 2.28 bits per heavy atom. The maximum Gasteiger partial charge on any atom is 0.265 e. The molecule has 3 rings (SSSR count). The molecular formula is C23H22Cl2N2O4S. The monoisotopic (exact) mass is 492 g/mol. The van der Waals surface area contributed by atoms with E-state index in [1.807, 2.05) is 32.0 Å². The first-order valence-corrected chi connectivity index (χ1v) is 11.9. The van der Waals surface area contributed by atoms with Gasteiger partial charge in [0.2, 0.25) is 0 Å². The fourth-order valence-corrected chi connectivity index (χ4v) is 4.50. The first-order valence-electron chi connectivity index (χ1n) is 9.68. The number of hydrogen-bond acceptors (Lipinski definition) is 4. The zero-order valence-corrected chi connectivity index (χ0v) is 20.0. The number of ether oxygens (including phenoxy) is 1. The van der Waals surface area contributed by atoms with Crippen LogP contribution in [-0.4, -0.2) is 20.4 Å². The molecule has 0 radical (unpaired) electrons. The third-order valence-corrected chi connectivity index (χ3v) is 6.54. The molecule has 0 spiro atoms. The highest BCUT2D eigenvalue weighted by molar-refractivity contribution is 7.92. The van der Waals surface area contributed by atoms with Crippen molar-refractivity contribution in [3.8, 4) is 5.75 Å². The number of nitrogens with one attached hydrogen (secondary N) is 2. The van der Waals surface area contributed by atoms with Crippen LogP contribution < -0.4 is 14.8 Å². The van der Waals surface area contributed by atoms with Crippen molar-refractivity contribution in [2.45, 2.75) is 31.8 Å². The van der Waals surface area contributed by atoms with Crippen LogP contribution in [0.25, 0.3) is 0 Å². The minimum atomic E-state index is -3.87. The van der Waals surface area contributed by atoms with Crippen LogP contribution in [0.1, 0.15) is 18.1 Å². The Morgan fingerprint density at radius 1 is 0.969 bits per heavy atom.